The summed E-state index contributed by atoms with van der Waals surface area (Å²) < 4.78 is 0. The van der Waals surface area contributed by atoms with Crippen molar-refractivity contribution in [3.8, 4) is 0 Å². The van der Waals surface area contributed by atoms with Crippen molar-refractivity contribution in [2.75, 3.05) is 0 Å². The van der Waals surface area contributed by atoms with Gasteiger partial charge in [0.1, 0.15) is 5.78 Å². The van der Waals surface area contributed by atoms with Gasteiger partial charge in [-0.3, -0.25) is 4.79 Å². The summed E-state index contributed by atoms with van der Waals surface area (Å²) in [5.74, 6) is 0.926. The van der Waals surface area contributed by atoms with Gasteiger partial charge in [0.2, 0.25) is 0 Å². The Morgan fingerprint density at radius 1 is 1.42 bits per heavy atom. The van der Waals surface area contributed by atoms with Crippen LogP contribution in [0.1, 0.15) is 33.6 Å². The molecule has 2 atom stereocenters. The number of ketones is 1. The average molecular weight is 164 g/mol. The largest absolute Gasteiger partial charge is 0.300 e. The quantitative estimate of drug-likeness (QED) is 0.503. The fourth-order valence-electron chi connectivity index (χ4n) is 2.54. The summed E-state index contributed by atoms with van der Waals surface area (Å²) in [5.41, 5.74) is 0.425. The Hall–Kier alpha value is -0.590. The topological polar surface area (TPSA) is 17.1 Å². The van der Waals surface area contributed by atoms with Gasteiger partial charge in [-0.1, -0.05) is 32.9 Å². The van der Waals surface area contributed by atoms with Gasteiger partial charge in [-0.25, -0.2) is 0 Å². The molecule has 0 saturated heterocycles. The van der Waals surface area contributed by atoms with Crippen LogP contribution < -0.4 is 0 Å². The third-order valence-electron chi connectivity index (χ3n) is 4.11. The van der Waals surface area contributed by atoms with Crippen LogP contribution in [0, 0.1) is 16.7 Å². The minimum absolute atomic E-state index is 0.132. The van der Waals surface area contributed by atoms with E-state index in [-0.39, 0.29) is 5.41 Å². The van der Waals surface area contributed by atoms with E-state index >= 15 is 0 Å². The van der Waals surface area contributed by atoms with Crippen molar-refractivity contribution in [2.45, 2.75) is 33.6 Å². The third-order valence-corrected chi connectivity index (χ3v) is 4.11. The molecule has 0 aromatic heterocycles. The molecule has 0 aliphatic heterocycles. The smallest absolute Gasteiger partial charge is 0.134 e. The van der Waals surface area contributed by atoms with Gasteiger partial charge < -0.3 is 0 Å². The molecular formula is C11H16O. The lowest BCUT2D eigenvalue weighted by atomic mass is 9.58. The van der Waals surface area contributed by atoms with Crippen LogP contribution in [0.5, 0.6) is 0 Å². The molecule has 0 heterocycles. The second-order valence-electron chi connectivity index (χ2n) is 5.02. The van der Waals surface area contributed by atoms with Crippen LogP contribution in [0.4, 0.5) is 0 Å². The van der Waals surface area contributed by atoms with Crippen LogP contribution in [0.15, 0.2) is 12.2 Å². The van der Waals surface area contributed by atoms with Crippen molar-refractivity contribution in [3.05, 3.63) is 12.2 Å². The lowest BCUT2D eigenvalue weighted by molar-refractivity contribution is -0.127. The minimum Gasteiger partial charge on any atom is -0.300 e. The summed E-state index contributed by atoms with van der Waals surface area (Å²) in [5, 5.41) is 0. The maximum Gasteiger partial charge on any atom is 0.134 e. The summed E-state index contributed by atoms with van der Waals surface area (Å²) in [6, 6.07) is 0. The summed E-state index contributed by atoms with van der Waals surface area (Å²) in [4.78, 5) is 11.4. The normalized spacial score (nSPS) is 43.6. The number of rotatable bonds is 0. The van der Waals surface area contributed by atoms with E-state index < -0.39 is 0 Å². The molecule has 0 amide bonds. The van der Waals surface area contributed by atoms with Gasteiger partial charge in [-0.2, -0.15) is 0 Å². The zero-order valence-corrected chi connectivity index (χ0v) is 8.05. The first-order valence-electron chi connectivity index (χ1n) is 4.67. The molecule has 2 bridgehead atoms. The molecule has 2 rings (SSSR count). The molecule has 1 fully saturated rings. The predicted octanol–water partition coefficient (Wildman–Crippen LogP) is 2.57. The summed E-state index contributed by atoms with van der Waals surface area (Å²) in [6.45, 7) is 6.77. The molecule has 0 radical (unpaired) electrons. The van der Waals surface area contributed by atoms with Crippen molar-refractivity contribution in [3.63, 3.8) is 0 Å². The molecule has 0 aromatic carbocycles. The number of hydrogen-bond donors (Lipinski definition) is 0. The van der Waals surface area contributed by atoms with Gasteiger partial charge in [0.05, 0.1) is 0 Å². The highest BCUT2D eigenvalue weighted by atomic mass is 16.1. The molecule has 1 saturated carbocycles. The predicted molar refractivity (Wildman–Crippen MR) is 48.8 cm³/mol. The van der Waals surface area contributed by atoms with Crippen LogP contribution in [-0.4, -0.2) is 5.78 Å². The fourth-order valence-corrected chi connectivity index (χ4v) is 2.54. The van der Waals surface area contributed by atoms with E-state index in [1.807, 2.05) is 0 Å². The van der Waals surface area contributed by atoms with Gasteiger partial charge in [-0.15, -0.1) is 0 Å². The molecule has 12 heavy (non-hydrogen) atoms. The van der Waals surface area contributed by atoms with E-state index in [1.54, 1.807) is 0 Å². The molecular weight excluding hydrogens is 148 g/mol. The molecule has 0 spiro atoms. The van der Waals surface area contributed by atoms with Crippen LogP contribution in [-0.2, 0) is 4.79 Å². The molecule has 2 aliphatic rings. The first kappa shape index (κ1) is 8.03. The second kappa shape index (κ2) is 2.01. The van der Waals surface area contributed by atoms with Crippen molar-refractivity contribution < 1.29 is 4.79 Å². The number of fused-ring (bicyclic) bond motifs is 2. The average Bonchev–Trinajstić information content (AvgIpc) is 2.16. The number of allylic oxidation sites excluding steroid dienone is 2. The highest BCUT2D eigenvalue weighted by Crippen LogP contribution is 2.57. The molecule has 1 nitrogen and oxygen atoms in total. The van der Waals surface area contributed by atoms with E-state index in [0.29, 0.717) is 17.1 Å². The Morgan fingerprint density at radius 3 is 2.67 bits per heavy atom. The Bertz CT molecular complexity index is 262. The fraction of sp³-hybridized carbons (Fsp3) is 0.727. The second-order valence-corrected chi connectivity index (χ2v) is 5.02. The lowest BCUT2D eigenvalue weighted by Crippen LogP contribution is -2.41. The van der Waals surface area contributed by atoms with Crippen molar-refractivity contribution in [2.24, 2.45) is 16.7 Å². The first-order chi connectivity index (χ1) is 5.46. The zero-order valence-electron chi connectivity index (χ0n) is 8.05. The lowest BCUT2D eigenvalue weighted by Gasteiger charge is -2.45. The number of Topliss-reactive ketones (excluding diaryl/α,β-unsaturated/α-hetero) is 1. The van der Waals surface area contributed by atoms with E-state index in [1.165, 1.54) is 0 Å². The summed E-state index contributed by atoms with van der Waals surface area (Å²) in [6.07, 6.45) is 6.00. The molecule has 0 N–H and O–H groups in total. The van der Waals surface area contributed by atoms with Crippen LogP contribution in [0.25, 0.3) is 0 Å². The van der Waals surface area contributed by atoms with Gasteiger partial charge in [0, 0.05) is 12.8 Å². The highest BCUT2D eigenvalue weighted by Gasteiger charge is 2.52. The van der Waals surface area contributed by atoms with E-state index in [0.717, 1.165) is 12.8 Å². The minimum atomic E-state index is 0.132. The summed E-state index contributed by atoms with van der Waals surface area (Å²) in [7, 11) is 0. The van der Waals surface area contributed by atoms with Gasteiger partial charge in [-0.05, 0) is 16.7 Å². The highest BCUT2D eigenvalue weighted by molar-refractivity contribution is 5.82. The first-order valence-corrected chi connectivity index (χ1v) is 4.67. The number of carbonyl (C=O) groups excluding carboxylic acids is 1. The standard InChI is InChI=1S/C11H16O/c1-10(2)8-4-5-11(10,3)7-9(12)6-8/h4-5,8H,6-7H2,1-3H3/t8-,11+/m0/s1. The maximum absolute atomic E-state index is 11.4. The van der Waals surface area contributed by atoms with Crippen LogP contribution >= 0.6 is 0 Å². The van der Waals surface area contributed by atoms with Crippen molar-refractivity contribution >= 4 is 5.78 Å². The van der Waals surface area contributed by atoms with Crippen molar-refractivity contribution in [1.82, 2.24) is 0 Å². The number of carbonyl (C=O) groups is 1. The third kappa shape index (κ3) is 0.769. The summed E-state index contributed by atoms with van der Waals surface area (Å²) >= 11 is 0. The van der Waals surface area contributed by atoms with Gasteiger partial charge >= 0.3 is 0 Å². The van der Waals surface area contributed by atoms with Crippen LogP contribution in [0.3, 0.4) is 0 Å². The van der Waals surface area contributed by atoms with Gasteiger partial charge in [0.15, 0.2) is 0 Å². The zero-order chi connectivity index (χ0) is 8.98. The molecule has 0 aromatic rings. The van der Waals surface area contributed by atoms with Gasteiger partial charge in [0.25, 0.3) is 0 Å². The molecule has 1 heteroatoms. The maximum atomic E-state index is 11.4. The Balaban J connectivity index is 2.42. The molecule has 2 aliphatic carbocycles. The van der Waals surface area contributed by atoms with E-state index in [4.69, 9.17) is 0 Å². The Morgan fingerprint density at radius 2 is 2.08 bits per heavy atom. The van der Waals surface area contributed by atoms with E-state index in [9.17, 15) is 4.79 Å². The number of hydrogen-bond acceptors (Lipinski definition) is 1. The molecule has 66 valence electrons. The SMILES string of the molecule is CC1(C)[C@H]2C=C[C@]1(C)CC(=O)C2. The Kier molecular flexibility index (Phi) is 1.35. The van der Waals surface area contributed by atoms with Crippen LogP contribution in [0.2, 0.25) is 0 Å². The Labute approximate surface area is 73.8 Å². The van der Waals surface area contributed by atoms with E-state index in [2.05, 4.69) is 32.9 Å². The van der Waals surface area contributed by atoms with Crippen molar-refractivity contribution in [1.29, 1.82) is 0 Å². The monoisotopic (exact) mass is 164 g/mol. The molecule has 0 unspecified atom stereocenters.